The van der Waals surface area contributed by atoms with E-state index in [1.165, 1.54) is 17.4 Å². The number of thiazole rings is 1. The number of hydrogen-bond acceptors (Lipinski definition) is 6. The number of halogens is 1. The molecule has 36 heavy (non-hydrogen) atoms. The van der Waals surface area contributed by atoms with Crippen LogP contribution in [-0.2, 0) is 25.5 Å². The van der Waals surface area contributed by atoms with Gasteiger partial charge in [-0.1, -0.05) is 72.8 Å². The lowest BCUT2D eigenvalue weighted by Crippen LogP contribution is -2.25. The molecule has 3 aromatic carbocycles. The number of ether oxygens (including phenoxy) is 2. The van der Waals surface area contributed by atoms with Gasteiger partial charge in [-0.15, -0.1) is 11.3 Å². The smallest absolute Gasteiger partial charge is 0.310 e. The van der Waals surface area contributed by atoms with E-state index in [2.05, 4.69) is 35.8 Å². The van der Waals surface area contributed by atoms with Crippen LogP contribution in [0.15, 0.2) is 79.4 Å². The Morgan fingerprint density at radius 3 is 2.42 bits per heavy atom. The van der Waals surface area contributed by atoms with E-state index in [0.29, 0.717) is 5.02 Å². The summed E-state index contributed by atoms with van der Waals surface area (Å²) < 4.78 is 11.9. The number of hydrogen-bond donors (Lipinski definition) is 0. The fraction of sp³-hybridized carbons (Fsp3) is 0.207. The van der Waals surface area contributed by atoms with E-state index in [1.54, 1.807) is 6.07 Å². The predicted octanol–water partition coefficient (Wildman–Crippen LogP) is 6.58. The van der Waals surface area contributed by atoms with Gasteiger partial charge in [-0.05, 0) is 40.5 Å². The number of fused-ring (bicyclic) bond motifs is 4. The van der Waals surface area contributed by atoms with E-state index < -0.39 is 17.9 Å². The zero-order chi connectivity index (χ0) is 25.1. The number of rotatable bonds is 9. The second-order valence-corrected chi connectivity index (χ2v) is 10.2. The molecule has 0 saturated carbocycles. The first-order chi connectivity index (χ1) is 17.5. The molecule has 0 amide bonds. The Balaban J connectivity index is 1.30. The highest BCUT2D eigenvalue weighted by atomic mass is 35.5. The number of esters is 2. The summed E-state index contributed by atoms with van der Waals surface area (Å²) in [6, 6.07) is 21.8. The van der Waals surface area contributed by atoms with Crippen molar-refractivity contribution in [2.75, 3.05) is 13.2 Å². The van der Waals surface area contributed by atoms with Crippen molar-refractivity contribution < 1.29 is 19.1 Å². The SMILES string of the molecule is C=CCOC(=O)[C@@H](CC(=O)OCC1c2ccccc2-c2ccccc21)Cc1nc2ccc(Cl)cc2s1. The van der Waals surface area contributed by atoms with Gasteiger partial charge in [0.1, 0.15) is 13.2 Å². The number of nitrogens with zero attached hydrogens (tertiary/aromatic N) is 1. The van der Waals surface area contributed by atoms with Crippen molar-refractivity contribution in [2.24, 2.45) is 5.92 Å². The first kappa shape index (κ1) is 24.2. The van der Waals surface area contributed by atoms with Crippen LogP contribution in [0, 0.1) is 5.92 Å². The van der Waals surface area contributed by atoms with Crippen molar-refractivity contribution in [3.8, 4) is 11.1 Å². The summed E-state index contributed by atoms with van der Waals surface area (Å²) in [4.78, 5) is 30.3. The third kappa shape index (κ3) is 5.06. The summed E-state index contributed by atoms with van der Waals surface area (Å²) in [6.45, 7) is 3.88. The predicted molar refractivity (Wildman–Crippen MR) is 142 cm³/mol. The van der Waals surface area contributed by atoms with E-state index >= 15 is 0 Å². The molecule has 0 saturated heterocycles. The zero-order valence-electron chi connectivity index (χ0n) is 19.5. The van der Waals surface area contributed by atoms with Crippen LogP contribution in [0.4, 0.5) is 0 Å². The van der Waals surface area contributed by atoms with Crippen LogP contribution in [0.1, 0.15) is 28.5 Å². The van der Waals surface area contributed by atoms with Crippen LogP contribution in [-0.4, -0.2) is 30.1 Å². The van der Waals surface area contributed by atoms with Gasteiger partial charge in [-0.25, -0.2) is 4.98 Å². The van der Waals surface area contributed by atoms with Gasteiger partial charge in [0.2, 0.25) is 0 Å². The maximum Gasteiger partial charge on any atom is 0.310 e. The molecule has 0 bridgehead atoms. The number of benzene rings is 3. The summed E-state index contributed by atoms with van der Waals surface area (Å²) >= 11 is 7.55. The quantitative estimate of drug-likeness (QED) is 0.185. The van der Waals surface area contributed by atoms with E-state index in [0.717, 1.165) is 37.5 Å². The van der Waals surface area contributed by atoms with Crippen molar-refractivity contribution in [1.82, 2.24) is 4.98 Å². The summed E-state index contributed by atoms with van der Waals surface area (Å²) in [5.41, 5.74) is 5.41. The highest BCUT2D eigenvalue weighted by Gasteiger charge is 2.30. The number of carbonyl (C=O) groups excluding carboxylic acids is 2. The van der Waals surface area contributed by atoms with Crippen LogP contribution in [0.2, 0.25) is 5.02 Å². The lowest BCUT2D eigenvalue weighted by Gasteiger charge is -2.17. The van der Waals surface area contributed by atoms with Crippen LogP contribution < -0.4 is 0 Å². The lowest BCUT2D eigenvalue weighted by molar-refractivity contribution is -0.154. The average molecular weight is 518 g/mol. The Labute approximate surface area is 218 Å². The van der Waals surface area contributed by atoms with Crippen LogP contribution >= 0.6 is 22.9 Å². The van der Waals surface area contributed by atoms with Crippen LogP contribution in [0.5, 0.6) is 0 Å². The molecule has 5 nitrogen and oxygen atoms in total. The second kappa shape index (κ2) is 10.6. The third-order valence-electron chi connectivity index (χ3n) is 6.28. The van der Waals surface area contributed by atoms with Crippen LogP contribution in [0.3, 0.4) is 0 Å². The molecule has 0 radical (unpaired) electrons. The van der Waals surface area contributed by atoms with Crippen molar-refractivity contribution >= 4 is 45.1 Å². The molecule has 7 heteroatoms. The van der Waals surface area contributed by atoms with Gasteiger partial charge in [-0.2, -0.15) is 0 Å². The van der Waals surface area contributed by atoms with E-state index in [1.807, 2.05) is 36.4 Å². The summed E-state index contributed by atoms with van der Waals surface area (Å²) in [5, 5.41) is 1.36. The maximum atomic E-state index is 12.9. The third-order valence-corrected chi connectivity index (χ3v) is 7.55. The zero-order valence-corrected chi connectivity index (χ0v) is 21.1. The molecule has 182 valence electrons. The molecule has 0 fully saturated rings. The van der Waals surface area contributed by atoms with E-state index in [9.17, 15) is 9.59 Å². The Morgan fingerprint density at radius 2 is 1.72 bits per heavy atom. The highest BCUT2D eigenvalue weighted by molar-refractivity contribution is 7.18. The van der Waals surface area contributed by atoms with Gasteiger partial charge in [0.05, 0.1) is 27.6 Å². The molecule has 1 aliphatic rings. The van der Waals surface area contributed by atoms with Gasteiger partial charge in [0, 0.05) is 17.4 Å². The highest BCUT2D eigenvalue weighted by Crippen LogP contribution is 2.44. The molecule has 0 N–H and O–H groups in total. The normalized spacial score (nSPS) is 13.1. The number of carbonyl (C=O) groups is 2. The topological polar surface area (TPSA) is 65.5 Å². The minimum absolute atomic E-state index is 0.0403. The van der Waals surface area contributed by atoms with Gasteiger partial charge in [0.15, 0.2) is 0 Å². The van der Waals surface area contributed by atoms with Crippen molar-refractivity contribution in [3.63, 3.8) is 0 Å². The Kier molecular flexibility index (Phi) is 7.16. The maximum absolute atomic E-state index is 12.9. The number of aromatic nitrogens is 1. The van der Waals surface area contributed by atoms with Crippen LogP contribution in [0.25, 0.3) is 21.3 Å². The van der Waals surface area contributed by atoms with Gasteiger partial charge in [0.25, 0.3) is 0 Å². The second-order valence-electron chi connectivity index (χ2n) is 8.65. The molecule has 1 aliphatic carbocycles. The molecule has 1 heterocycles. The molecule has 0 spiro atoms. The molecule has 0 aliphatic heterocycles. The van der Waals surface area contributed by atoms with Crippen molar-refractivity contribution in [2.45, 2.75) is 18.8 Å². The van der Waals surface area contributed by atoms with Gasteiger partial charge in [-0.3, -0.25) is 9.59 Å². The van der Waals surface area contributed by atoms with E-state index in [4.69, 9.17) is 21.1 Å². The minimum Gasteiger partial charge on any atom is -0.465 e. The first-order valence-electron chi connectivity index (χ1n) is 11.7. The molecular weight excluding hydrogens is 494 g/mol. The first-order valence-corrected chi connectivity index (χ1v) is 12.9. The molecule has 5 rings (SSSR count). The molecule has 1 atom stereocenters. The largest absolute Gasteiger partial charge is 0.465 e. The lowest BCUT2D eigenvalue weighted by atomic mass is 9.98. The Morgan fingerprint density at radius 1 is 1.03 bits per heavy atom. The van der Waals surface area contributed by atoms with Gasteiger partial charge < -0.3 is 9.47 Å². The van der Waals surface area contributed by atoms with Gasteiger partial charge >= 0.3 is 11.9 Å². The Hall–Kier alpha value is -3.48. The monoisotopic (exact) mass is 517 g/mol. The van der Waals surface area contributed by atoms with Crippen molar-refractivity contribution in [3.05, 3.63) is 101 Å². The molecule has 0 unspecified atom stereocenters. The fourth-order valence-corrected chi connectivity index (χ4v) is 5.94. The summed E-state index contributed by atoms with van der Waals surface area (Å²) in [7, 11) is 0. The fourth-order valence-electron chi connectivity index (χ4n) is 4.62. The summed E-state index contributed by atoms with van der Waals surface area (Å²) in [6.07, 6.45) is 1.68. The minimum atomic E-state index is -0.711. The van der Waals surface area contributed by atoms with Crippen molar-refractivity contribution in [1.29, 1.82) is 0 Å². The average Bonchev–Trinajstić information content (AvgIpc) is 3.43. The standard InChI is InChI=1S/C29H24ClNO4S/c1-2-13-34-29(33)18(14-27-31-25-12-11-19(30)16-26(25)36-27)15-28(32)35-17-24-22-9-5-3-7-20(22)21-8-4-6-10-23(21)24/h2-12,16,18,24H,1,13-15,17H2/t18-/m1/s1. The molecular formula is C29H24ClNO4S. The Bertz CT molecular complexity index is 1400. The molecule has 1 aromatic heterocycles. The van der Waals surface area contributed by atoms with E-state index in [-0.39, 0.29) is 32.0 Å². The molecule has 4 aromatic rings. The summed E-state index contributed by atoms with van der Waals surface area (Å²) in [5.74, 6) is -1.67.